The van der Waals surface area contributed by atoms with Gasteiger partial charge < -0.3 is 10.4 Å². The highest BCUT2D eigenvalue weighted by Crippen LogP contribution is 2.25. The molecular formula is C14H14N4O5. The van der Waals surface area contributed by atoms with E-state index in [0.29, 0.717) is 5.56 Å². The van der Waals surface area contributed by atoms with Crippen LogP contribution in [0.2, 0.25) is 0 Å². The molecule has 0 unspecified atom stereocenters. The third-order valence-corrected chi connectivity index (χ3v) is 3.11. The molecule has 2 aromatic rings. The van der Waals surface area contributed by atoms with Crippen LogP contribution in [0.25, 0.3) is 0 Å². The third kappa shape index (κ3) is 3.90. The molecule has 0 atom stereocenters. The molecule has 0 bridgehead atoms. The fourth-order valence-electron chi connectivity index (χ4n) is 2.01. The van der Waals surface area contributed by atoms with E-state index >= 15 is 0 Å². The quantitative estimate of drug-likeness (QED) is 0.617. The molecule has 1 amide bonds. The van der Waals surface area contributed by atoms with Gasteiger partial charge in [0.2, 0.25) is 5.91 Å². The zero-order valence-corrected chi connectivity index (χ0v) is 12.2. The van der Waals surface area contributed by atoms with E-state index in [9.17, 15) is 19.7 Å². The van der Waals surface area contributed by atoms with E-state index < -0.39 is 16.8 Å². The highest BCUT2D eigenvalue weighted by molar-refractivity contribution is 5.93. The van der Waals surface area contributed by atoms with Gasteiger partial charge in [-0.05, 0) is 24.6 Å². The van der Waals surface area contributed by atoms with Gasteiger partial charge in [-0.3, -0.25) is 19.6 Å². The van der Waals surface area contributed by atoms with Crippen molar-refractivity contribution < 1.29 is 19.6 Å². The molecule has 0 saturated heterocycles. The lowest BCUT2D eigenvalue weighted by atomic mass is 10.2. The molecule has 0 fully saturated rings. The molecule has 0 saturated carbocycles. The minimum atomic E-state index is -1.14. The monoisotopic (exact) mass is 318 g/mol. The van der Waals surface area contributed by atoms with Gasteiger partial charge in [0, 0.05) is 18.7 Å². The third-order valence-electron chi connectivity index (χ3n) is 3.11. The number of nitro benzene ring substituents is 1. The van der Waals surface area contributed by atoms with Crippen LogP contribution in [0, 0.1) is 17.0 Å². The fourth-order valence-corrected chi connectivity index (χ4v) is 2.01. The average Bonchev–Trinajstić information content (AvgIpc) is 2.95. The molecule has 120 valence electrons. The number of amides is 1. The van der Waals surface area contributed by atoms with Crippen molar-refractivity contribution in [1.29, 1.82) is 0 Å². The van der Waals surface area contributed by atoms with Crippen molar-refractivity contribution >= 4 is 23.3 Å². The second kappa shape index (κ2) is 6.69. The van der Waals surface area contributed by atoms with Gasteiger partial charge in [0.1, 0.15) is 11.4 Å². The summed E-state index contributed by atoms with van der Waals surface area (Å²) >= 11 is 0. The number of anilines is 1. The Morgan fingerprint density at radius 1 is 1.39 bits per heavy atom. The summed E-state index contributed by atoms with van der Waals surface area (Å²) in [5.41, 5.74) is 0.588. The minimum absolute atomic E-state index is 0.0286. The summed E-state index contributed by atoms with van der Waals surface area (Å²) in [5.74, 6) is -1.61. The van der Waals surface area contributed by atoms with Gasteiger partial charge >= 0.3 is 5.97 Å². The molecule has 0 aliphatic rings. The summed E-state index contributed by atoms with van der Waals surface area (Å²) in [4.78, 5) is 33.3. The number of aromatic carboxylic acids is 1. The Morgan fingerprint density at radius 3 is 2.78 bits per heavy atom. The maximum absolute atomic E-state index is 11.9. The number of aromatic nitrogens is 2. The van der Waals surface area contributed by atoms with Gasteiger partial charge in [-0.1, -0.05) is 6.07 Å². The molecule has 0 aliphatic carbocycles. The molecule has 1 heterocycles. The van der Waals surface area contributed by atoms with Gasteiger partial charge in [0.05, 0.1) is 11.5 Å². The number of aryl methyl sites for hydroxylation is 2. The molecule has 1 aromatic heterocycles. The van der Waals surface area contributed by atoms with Gasteiger partial charge in [0.15, 0.2) is 0 Å². The molecule has 2 N–H and O–H groups in total. The van der Waals surface area contributed by atoms with Crippen molar-refractivity contribution in [2.75, 3.05) is 5.32 Å². The predicted molar refractivity (Wildman–Crippen MR) is 80.3 cm³/mol. The second-order valence-corrected chi connectivity index (χ2v) is 4.82. The zero-order valence-electron chi connectivity index (χ0n) is 12.2. The van der Waals surface area contributed by atoms with Crippen molar-refractivity contribution in [3.05, 3.63) is 51.8 Å². The Balaban J connectivity index is 2.04. The number of carboxylic acids is 1. The second-order valence-electron chi connectivity index (χ2n) is 4.82. The van der Waals surface area contributed by atoms with Crippen LogP contribution >= 0.6 is 0 Å². The maximum atomic E-state index is 11.9. The molecule has 1 aromatic carbocycles. The highest BCUT2D eigenvalue weighted by Gasteiger charge is 2.17. The number of hydrogen-bond donors (Lipinski definition) is 2. The van der Waals surface area contributed by atoms with E-state index in [-0.39, 0.29) is 30.0 Å². The number of nitro groups is 1. The van der Waals surface area contributed by atoms with Crippen molar-refractivity contribution in [3.8, 4) is 0 Å². The van der Waals surface area contributed by atoms with Crippen molar-refractivity contribution in [2.45, 2.75) is 19.9 Å². The number of carbonyl (C=O) groups excluding carboxylic acids is 1. The minimum Gasteiger partial charge on any atom is -0.477 e. The van der Waals surface area contributed by atoms with E-state index in [0.717, 1.165) is 0 Å². The number of nitrogens with zero attached hydrogens (tertiary/aromatic N) is 3. The van der Waals surface area contributed by atoms with Gasteiger partial charge in [0.25, 0.3) is 5.69 Å². The van der Waals surface area contributed by atoms with Gasteiger partial charge in [-0.25, -0.2) is 4.79 Å². The maximum Gasteiger partial charge on any atom is 0.354 e. The average molecular weight is 318 g/mol. The van der Waals surface area contributed by atoms with E-state index in [1.807, 2.05) is 0 Å². The number of nitrogens with one attached hydrogen (secondary N) is 1. The summed E-state index contributed by atoms with van der Waals surface area (Å²) < 4.78 is 1.19. The van der Waals surface area contributed by atoms with Crippen LogP contribution < -0.4 is 5.32 Å². The van der Waals surface area contributed by atoms with Crippen LogP contribution in [0.15, 0.2) is 30.5 Å². The van der Waals surface area contributed by atoms with Crippen molar-refractivity contribution in [3.63, 3.8) is 0 Å². The van der Waals surface area contributed by atoms with E-state index in [1.165, 1.54) is 29.1 Å². The Kier molecular flexibility index (Phi) is 4.69. The molecule has 9 nitrogen and oxygen atoms in total. The number of carbonyl (C=O) groups is 2. The first-order chi connectivity index (χ1) is 10.9. The van der Waals surface area contributed by atoms with Crippen molar-refractivity contribution in [1.82, 2.24) is 9.78 Å². The summed E-state index contributed by atoms with van der Waals surface area (Å²) in [5, 5.41) is 26.2. The standard InChI is InChI=1S/C14H14N4O5/c1-9-2-3-10(12(8-9)18(22)23)16-13(19)5-7-17-11(14(20)21)4-6-15-17/h2-4,6,8H,5,7H2,1H3,(H,16,19)(H,20,21). The molecule has 0 spiro atoms. The summed E-state index contributed by atoms with van der Waals surface area (Å²) in [6.07, 6.45) is 1.26. The summed E-state index contributed by atoms with van der Waals surface area (Å²) in [6.45, 7) is 1.77. The molecule has 9 heteroatoms. The molecule has 0 radical (unpaired) electrons. The van der Waals surface area contributed by atoms with Crippen LogP contribution in [-0.2, 0) is 11.3 Å². The van der Waals surface area contributed by atoms with E-state index in [4.69, 9.17) is 5.11 Å². The van der Waals surface area contributed by atoms with Crippen LogP contribution in [0.5, 0.6) is 0 Å². The van der Waals surface area contributed by atoms with Crippen LogP contribution in [0.4, 0.5) is 11.4 Å². The van der Waals surface area contributed by atoms with Gasteiger partial charge in [-0.2, -0.15) is 5.10 Å². The van der Waals surface area contributed by atoms with E-state index in [1.54, 1.807) is 13.0 Å². The lowest BCUT2D eigenvalue weighted by Gasteiger charge is -2.07. The molecule has 2 rings (SSSR count). The zero-order chi connectivity index (χ0) is 17.0. The normalized spacial score (nSPS) is 10.3. The van der Waals surface area contributed by atoms with Crippen LogP contribution in [0.1, 0.15) is 22.5 Å². The van der Waals surface area contributed by atoms with E-state index in [2.05, 4.69) is 10.4 Å². The number of benzene rings is 1. The molecule has 0 aliphatic heterocycles. The highest BCUT2D eigenvalue weighted by atomic mass is 16.6. The fraction of sp³-hybridized carbons (Fsp3) is 0.214. The number of carboxylic acid groups (broad SMARTS) is 1. The van der Waals surface area contributed by atoms with Crippen LogP contribution in [0.3, 0.4) is 0 Å². The number of rotatable bonds is 6. The Bertz CT molecular complexity index is 768. The Morgan fingerprint density at radius 2 is 2.13 bits per heavy atom. The first kappa shape index (κ1) is 16.1. The van der Waals surface area contributed by atoms with Crippen molar-refractivity contribution in [2.24, 2.45) is 0 Å². The molecular weight excluding hydrogens is 304 g/mol. The topological polar surface area (TPSA) is 127 Å². The Labute approximate surface area is 130 Å². The first-order valence-electron chi connectivity index (χ1n) is 6.68. The summed E-state index contributed by atoms with van der Waals surface area (Å²) in [6, 6.07) is 5.80. The SMILES string of the molecule is Cc1ccc(NC(=O)CCn2nccc2C(=O)O)c([N+](=O)[O-])c1. The predicted octanol–water partition coefficient (Wildman–Crippen LogP) is 1.83. The van der Waals surface area contributed by atoms with Crippen LogP contribution in [-0.4, -0.2) is 31.7 Å². The Hall–Kier alpha value is -3.23. The lowest BCUT2D eigenvalue weighted by Crippen LogP contribution is -2.18. The smallest absolute Gasteiger partial charge is 0.354 e. The number of hydrogen-bond acceptors (Lipinski definition) is 5. The van der Waals surface area contributed by atoms with Gasteiger partial charge in [-0.15, -0.1) is 0 Å². The largest absolute Gasteiger partial charge is 0.477 e. The molecule has 23 heavy (non-hydrogen) atoms. The lowest BCUT2D eigenvalue weighted by molar-refractivity contribution is -0.384. The summed E-state index contributed by atoms with van der Waals surface area (Å²) in [7, 11) is 0. The first-order valence-corrected chi connectivity index (χ1v) is 6.68.